The van der Waals surface area contributed by atoms with Gasteiger partial charge in [0.2, 0.25) is 0 Å². The highest BCUT2D eigenvalue weighted by atomic mass is 16.5. The highest BCUT2D eigenvalue weighted by Crippen LogP contribution is 2.29. The van der Waals surface area contributed by atoms with E-state index in [1.54, 1.807) is 20.4 Å². The predicted octanol–water partition coefficient (Wildman–Crippen LogP) is 1.18. The van der Waals surface area contributed by atoms with E-state index in [4.69, 9.17) is 9.47 Å². The van der Waals surface area contributed by atoms with Gasteiger partial charge in [-0.05, 0) is 12.1 Å². The molecular formula is C11H12N4O2. The van der Waals surface area contributed by atoms with Crippen molar-refractivity contribution < 1.29 is 9.47 Å². The molecule has 0 unspecified atom stereocenters. The Balaban J connectivity index is 2.32. The van der Waals surface area contributed by atoms with Crippen LogP contribution in [0.2, 0.25) is 0 Å². The molecule has 0 saturated carbocycles. The predicted molar refractivity (Wildman–Crippen MR) is 62.6 cm³/mol. The normalized spacial score (nSPS) is 10.7. The second kappa shape index (κ2) is 5.11. The molecule has 0 aliphatic carbocycles. The molecule has 1 aromatic carbocycles. The molecule has 0 aliphatic rings. The minimum Gasteiger partial charge on any atom is -0.493 e. The smallest absolute Gasteiger partial charge is 0.169 e. The standard InChI is InChI=1S/C11H12N4O2/c1-16-10-5-3-4-9(11(10)17-2)6-14-15-7-12-13-8-15/h3-8H,1-2H3. The minimum absolute atomic E-state index is 0.645. The van der Waals surface area contributed by atoms with E-state index in [0.29, 0.717) is 11.5 Å². The summed E-state index contributed by atoms with van der Waals surface area (Å²) >= 11 is 0. The number of hydrogen-bond acceptors (Lipinski definition) is 5. The summed E-state index contributed by atoms with van der Waals surface area (Å²) in [6, 6.07) is 5.58. The lowest BCUT2D eigenvalue weighted by molar-refractivity contribution is 0.354. The van der Waals surface area contributed by atoms with E-state index < -0.39 is 0 Å². The van der Waals surface area contributed by atoms with Crippen LogP contribution in [0.1, 0.15) is 5.56 Å². The lowest BCUT2D eigenvalue weighted by Gasteiger charge is -2.09. The summed E-state index contributed by atoms with van der Waals surface area (Å²) in [4.78, 5) is 0. The minimum atomic E-state index is 0.645. The largest absolute Gasteiger partial charge is 0.493 e. The van der Waals surface area contributed by atoms with Gasteiger partial charge in [-0.15, -0.1) is 10.2 Å². The molecule has 88 valence electrons. The van der Waals surface area contributed by atoms with Gasteiger partial charge in [0.15, 0.2) is 11.5 Å². The SMILES string of the molecule is COc1cccc(C=Nn2cnnc2)c1OC. The van der Waals surface area contributed by atoms with Gasteiger partial charge in [-0.3, -0.25) is 0 Å². The fraction of sp³-hybridized carbons (Fsp3) is 0.182. The van der Waals surface area contributed by atoms with E-state index in [1.807, 2.05) is 18.2 Å². The molecule has 0 saturated heterocycles. The van der Waals surface area contributed by atoms with Gasteiger partial charge in [-0.25, -0.2) is 4.68 Å². The molecule has 2 rings (SSSR count). The summed E-state index contributed by atoms with van der Waals surface area (Å²) in [6.45, 7) is 0. The van der Waals surface area contributed by atoms with Crippen LogP contribution < -0.4 is 9.47 Å². The molecule has 0 bridgehead atoms. The van der Waals surface area contributed by atoms with E-state index in [2.05, 4.69) is 15.3 Å². The molecule has 0 N–H and O–H groups in total. The second-order valence-corrected chi connectivity index (χ2v) is 3.17. The third-order valence-corrected chi connectivity index (χ3v) is 2.17. The van der Waals surface area contributed by atoms with E-state index in [9.17, 15) is 0 Å². The number of aromatic nitrogens is 3. The number of hydrogen-bond donors (Lipinski definition) is 0. The molecular weight excluding hydrogens is 220 g/mol. The molecule has 0 radical (unpaired) electrons. The average Bonchev–Trinajstić information content (AvgIpc) is 2.88. The van der Waals surface area contributed by atoms with Crippen molar-refractivity contribution >= 4 is 6.21 Å². The van der Waals surface area contributed by atoms with E-state index in [-0.39, 0.29) is 0 Å². The van der Waals surface area contributed by atoms with Crippen LogP contribution in [-0.4, -0.2) is 35.3 Å². The maximum atomic E-state index is 5.28. The van der Waals surface area contributed by atoms with Crippen molar-refractivity contribution in [2.75, 3.05) is 14.2 Å². The highest BCUT2D eigenvalue weighted by Gasteiger charge is 2.06. The first-order valence-electron chi connectivity index (χ1n) is 4.95. The first kappa shape index (κ1) is 11.1. The number of para-hydroxylation sites is 1. The number of ether oxygens (including phenoxy) is 2. The van der Waals surface area contributed by atoms with Crippen LogP contribution in [0.15, 0.2) is 36.0 Å². The quantitative estimate of drug-likeness (QED) is 0.742. The van der Waals surface area contributed by atoms with Gasteiger partial charge in [0.1, 0.15) is 12.7 Å². The summed E-state index contributed by atoms with van der Waals surface area (Å²) in [5.74, 6) is 1.31. The van der Waals surface area contributed by atoms with E-state index in [0.717, 1.165) is 5.56 Å². The third-order valence-electron chi connectivity index (χ3n) is 2.17. The topological polar surface area (TPSA) is 61.5 Å². The highest BCUT2D eigenvalue weighted by molar-refractivity contribution is 5.84. The zero-order valence-electron chi connectivity index (χ0n) is 9.57. The first-order valence-corrected chi connectivity index (χ1v) is 4.95. The molecule has 6 heteroatoms. The maximum Gasteiger partial charge on any atom is 0.169 e. The van der Waals surface area contributed by atoms with Crippen LogP contribution in [0.4, 0.5) is 0 Å². The fourth-order valence-corrected chi connectivity index (χ4v) is 1.40. The summed E-state index contributed by atoms with van der Waals surface area (Å²) < 4.78 is 12.0. The molecule has 0 fully saturated rings. The Kier molecular flexibility index (Phi) is 3.34. The second-order valence-electron chi connectivity index (χ2n) is 3.17. The van der Waals surface area contributed by atoms with Crippen molar-refractivity contribution in [3.63, 3.8) is 0 Å². The number of nitrogens with zero attached hydrogens (tertiary/aromatic N) is 4. The zero-order valence-corrected chi connectivity index (χ0v) is 9.57. The molecule has 1 aromatic heterocycles. The van der Waals surface area contributed by atoms with Crippen molar-refractivity contribution in [1.82, 2.24) is 14.9 Å². The number of methoxy groups -OCH3 is 2. The van der Waals surface area contributed by atoms with Gasteiger partial charge in [0, 0.05) is 5.56 Å². The Morgan fingerprint density at radius 3 is 2.59 bits per heavy atom. The number of rotatable bonds is 4. The van der Waals surface area contributed by atoms with Crippen LogP contribution in [0.3, 0.4) is 0 Å². The van der Waals surface area contributed by atoms with Crippen molar-refractivity contribution in [1.29, 1.82) is 0 Å². The van der Waals surface area contributed by atoms with Crippen LogP contribution in [0.5, 0.6) is 11.5 Å². The van der Waals surface area contributed by atoms with Gasteiger partial charge in [0.05, 0.1) is 20.4 Å². The van der Waals surface area contributed by atoms with Crippen molar-refractivity contribution in [2.24, 2.45) is 5.10 Å². The van der Waals surface area contributed by atoms with Gasteiger partial charge >= 0.3 is 0 Å². The Hall–Kier alpha value is -2.37. The van der Waals surface area contributed by atoms with E-state index >= 15 is 0 Å². The van der Waals surface area contributed by atoms with E-state index in [1.165, 1.54) is 17.3 Å². The van der Waals surface area contributed by atoms with Crippen LogP contribution in [0, 0.1) is 0 Å². The molecule has 1 heterocycles. The van der Waals surface area contributed by atoms with Gasteiger partial charge in [0.25, 0.3) is 0 Å². The van der Waals surface area contributed by atoms with Crippen molar-refractivity contribution in [2.45, 2.75) is 0 Å². The summed E-state index contributed by atoms with van der Waals surface area (Å²) in [5, 5.41) is 11.5. The van der Waals surface area contributed by atoms with Gasteiger partial charge in [-0.1, -0.05) is 6.07 Å². The summed E-state index contributed by atoms with van der Waals surface area (Å²) in [6.07, 6.45) is 4.66. The lowest BCUT2D eigenvalue weighted by atomic mass is 10.2. The monoisotopic (exact) mass is 232 g/mol. The first-order chi connectivity index (χ1) is 8.35. The van der Waals surface area contributed by atoms with Crippen LogP contribution >= 0.6 is 0 Å². The molecule has 0 amide bonds. The Morgan fingerprint density at radius 2 is 1.94 bits per heavy atom. The Morgan fingerprint density at radius 1 is 1.18 bits per heavy atom. The molecule has 0 spiro atoms. The molecule has 0 aliphatic heterocycles. The van der Waals surface area contributed by atoms with Crippen molar-refractivity contribution in [3.8, 4) is 11.5 Å². The lowest BCUT2D eigenvalue weighted by Crippen LogP contribution is -1.96. The van der Waals surface area contributed by atoms with Gasteiger partial charge < -0.3 is 9.47 Å². The molecule has 17 heavy (non-hydrogen) atoms. The third kappa shape index (κ3) is 2.41. The van der Waals surface area contributed by atoms with Gasteiger partial charge in [-0.2, -0.15) is 5.10 Å². The Labute approximate surface area is 98.5 Å². The summed E-state index contributed by atoms with van der Waals surface area (Å²) in [5.41, 5.74) is 0.820. The number of benzene rings is 1. The molecule has 2 aromatic rings. The molecule has 0 atom stereocenters. The van der Waals surface area contributed by atoms with Crippen LogP contribution in [0.25, 0.3) is 0 Å². The van der Waals surface area contributed by atoms with Crippen molar-refractivity contribution in [3.05, 3.63) is 36.4 Å². The summed E-state index contributed by atoms with van der Waals surface area (Å²) in [7, 11) is 3.19. The average molecular weight is 232 g/mol. The zero-order chi connectivity index (χ0) is 12.1. The fourth-order valence-electron chi connectivity index (χ4n) is 1.40. The van der Waals surface area contributed by atoms with Crippen LogP contribution in [-0.2, 0) is 0 Å². The maximum absolute atomic E-state index is 5.28. The molecule has 6 nitrogen and oxygen atoms in total. The Bertz CT molecular complexity index is 508.